The fourth-order valence-corrected chi connectivity index (χ4v) is 2.24. The smallest absolute Gasteiger partial charge is 0.134 e. The van der Waals surface area contributed by atoms with Crippen LogP contribution in [-0.4, -0.2) is 0 Å². The van der Waals surface area contributed by atoms with E-state index in [0.29, 0.717) is 0 Å². The van der Waals surface area contributed by atoms with E-state index in [0.717, 1.165) is 5.58 Å². The molecule has 3 rings (SSSR count). The van der Waals surface area contributed by atoms with Crippen LogP contribution in [0.2, 0.25) is 0 Å². The molecule has 1 heterocycles. The van der Waals surface area contributed by atoms with Crippen molar-refractivity contribution in [2.24, 2.45) is 0 Å². The highest BCUT2D eigenvalue weighted by Crippen LogP contribution is 2.30. The SMILES string of the molecule is CC(C)(C)c1ccc2ccc3occc3c2c1. The van der Waals surface area contributed by atoms with Gasteiger partial charge in [0.25, 0.3) is 0 Å². The Hall–Kier alpha value is -1.76. The third-order valence-electron chi connectivity index (χ3n) is 3.32. The van der Waals surface area contributed by atoms with E-state index in [1.54, 1.807) is 6.26 Å². The quantitative estimate of drug-likeness (QED) is 0.530. The highest BCUT2D eigenvalue weighted by molar-refractivity contribution is 6.05. The number of rotatable bonds is 0. The summed E-state index contributed by atoms with van der Waals surface area (Å²) in [7, 11) is 0. The first-order chi connectivity index (χ1) is 8.05. The van der Waals surface area contributed by atoms with E-state index in [2.05, 4.69) is 45.0 Å². The van der Waals surface area contributed by atoms with Crippen molar-refractivity contribution in [1.29, 1.82) is 0 Å². The molecule has 0 fully saturated rings. The Labute approximate surface area is 101 Å². The zero-order chi connectivity index (χ0) is 12.0. The molecule has 0 saturated carbocycles. The van der Waals surface area contributed by atoms with Crippen molar-refractivity contribution in [2.75, 3.05) is 0 Å². The van der Waals surface area contributed by atoms with Crippen LogP contribution in [-0.2, 0) is 5.41 Å². The van der Waals surface area contributed by atoms with Gasteiger partial charge in [0.2, 0.25) is 0 Å². The van der Waals surface area contributed by atoms with E-state index < -0.39 is 0 Å². The molecular formula is C16H16O. The van der Waals surface area contributed by atoms with Crippen molar-refractivity contribution in [3.05, 3.63) is 48.2 Å². The Kier molecular flexibility index (Phi) is 2.06. The first-order valence-corrected chi connectivity index (χ1v) is 5.96. The maximum absolute atomic E-state index is 5.45. The van der Waals surface area contributed by atoms with E-state index in [-0.39, 0.29) is 5.41 Å². The molecule has 0 radical (unpaired) electrons. The highest BCUT2D eigenvalue weighted by Gasteiger charge is 2.14. The third kappa shape index (κ3) is 1.62. The molecule has 1 nitrogen and oxygen atoms in total. The van der Waals surface area contributed by atoms with E-state index in [4.69, 9.17) is 4.42 Å². The van der Waals surface area contributed by atoms with Crippen LogP contribution in [0.5, 0.6) is 0 Å². The average molecular weight is 224 g/mol. The maximum Gasteiger partial charge on any atom is 0.134 e. The largest absolute Gasteiger partial charge is 0.464 e. The van der Waals surface area contributed by atoms with Crippen molar-refractivity contribution >= 4 is 21.7 Å². The lowest BCUT2D eigenvalue weighted by Crippen LogP contribution is -2.10. The van der Waals surface area contributed by atoms with Gasteiger partial charge >= 0.3 is 0 Å². The molecule has 0 saturated heterocycles. The predicted molar refractivity (Wildman–Crippen MR) is 72.4 cm³/mol. The molecular weight excluding hydrogens is 208 g/mol. The Morgan fingerprint density at radius 3 is 2.41 bits per heavy atom. The Morgan fingerprint density at radius 2 is 1.65 bits per heavy atom. The van der Waals surface area contributed by atoms with E-state index in [1.165, 1.54) is 21.7 Å². The van der Waals surface area contributed by atoms with E-state index in [1.807, 2.05) is 12.1 Å². The number of furan rings is 1. The molecule has 0 amide bonds. The third-order valence-corrected chi connectivity index (χ3v) is 3.32. The lowest BCUT2D eigenvalue weighted by Gasteiger charge is -2.19. The van der Waals surface area contributed by atoms with Gasteiger partial charge in [-0.1, -0.05) is 39.0 Å². The first kappa shape index (κ1) is 10.4. The average Bonchev–Trinajstić information content (AvgIpc) is 2.75. The van der Waals surface area contributed by atoms with Crippen LogP contribution in [0.3, 0.4) is 0 Å². The molecule has 0 aliphatic heterocycles. The Balaban J connectivity index is 2.40. The van der Waals surface area contributed by atoms with Gasteiger partial charge in [-0.3, -0.25) is 0 Å². The summed E-state index contributed by atoms with van der Waals surface area (Å²) in [4.78, 5) is 0. The summed E-state index contributed by atoms with van der Waals surface area (Å²) in [5.41, 5.74) is 2.50. The summed E-state index contributed by atoms with van der Waals surface area (Å²) in [6.45, 7) is 6.72. The van der Waals surface area contributed by atoms with Crippen LogP contribution in [0, 0.1) is 0 Å². The van der Waals surface area contributed by atoms with Crippen molar-refractivity contribution in [2.45, 2.75) is 26.2 Å². The summed E-state index contributed by atoms with van der Waals surface area (Å²) < 4.78 is 5.45. The number of hydrogen-bond donors (Lipinski definition) is 0. The molecule has 1 aromatic heterocycles. The number of fused-ring (bicyclic) bond motifs is 3. The Bertz CT molecular complexity index is 683. The highest BCUT2D eigenvalue weighted by atomic mass is 16.3. The molecule has 0 bridgehead atoms. The fraction of sp³-hybridized carbons (Fsp3) is 0.250. The van der Waals surface area contributed by atoms with Gasteiger partial charge in [-0.05, 0) is 39.9 Å². The van der Waals surface area contributed by atoms with Gasteiger partial charge in [0.1, 0.15) is 5.58 Å². The van der Waals surface area contributed by atoms with Gasteiger partial charge in [0.05, 0.1) is 6.26 Å². The summed E-state index contributed by atoms with van der Waals surface area (Å²) in [6, 6.07) is 12.9. The van der Waals surface area contributed by atoms with Crippen LogP contribution < -0.4 is 0 Å². The molecule has 17 heavy (non-hydrogen) atoms. The monoisotopic (exact) mass is 224 g/mol. The zero-order valence-corrected chi connectivity index (χ0v) is 10.4. The summed E-state index contributed by atoms with van der Waals surface area (Å²) in [5, 5.41) is 3.75. The molecule has 0 unspecified atom stereocenters. The second kappa shape index (κ2) is 3.36. The fourth-order valence-electron chi connectivity index (χ4n) is 2.24. The molecule has 2 aromatic carbocycles. The Morgan fingerprint density at radius 1 is 0.882 bits per heavy atom. The zero-order valence-electron chi connectivity index (χ0n) is 10.4. The molecule has 3 aromatic rings. The van der Waals surface area contributed by atoms with Gasteiger partial charge in [-0.25, -0.2) is 0 Å². The van der Waals surface area contributed by atoms with Crippen molar-refractivity contribution < 1.29 is 4.42 Å². The van der Waals surface area contributed by atoms with Gasteiger partial charge in [-0.15, -0.1) is 0 Å². The van der Waals surface area contributed by atoms with Crippen LogP contribution in [0.1, 0.15) is 26.3 Å². The van der Waals surface area contributed by atoms with Gasteiger partial charge in [0, 0.05) is 5.39 Å². The van der Waals surface area contributed by atoms with E-state index in [9.17, 15) is 0 Å². The van der Waals surface area contributed by atoms with Crippen molar-refractivity contribution in [1.82, 2.24) is 0 Å². The minimum atomic E-state index is 0.181. The van der Waals surface area contributed by atoms with Gasteiger partial charge in [-0.2, -0.15) is 0 Å². The van der Waals surface area contributed by atoms with Crippen LogP contribution in [0.25, 0.3) is 21.7 Å². The normalized spacial score (nSPS) is 12.4. The van der Waals surface area contributed by atoms with Crippen LogP contribution in [0.15, 0.2) is 47.1 Å². The van der Waals surface area contributed by atoms with Crippen molar-refractivity contribution in [3.63, 3.8) is 0 Å². The maximum atomic E-state index is 5.45. The van der Waals surface area contributed by atoms with Crippen LogP contribution >= 0.6 is 0 Å². The van der Waals surface area contributed by atoms with Crippen LogP contribution in [0.4, 0.5) is 0 Å². The molecule has 0 aliphatic rings. The predicted octanol–water partition coefficient (Wildman–Crippen LogP) is 4.88. The molecule has 0 atom stereocenters. The summed E-state index contributed by atoms with van der Waals surface area (Å²) in [6.07, 6.45) is 1.76. The first-order valence-electron chi connectivity index (χ1n) is 5.96. The second-order valence-electron chi connectivity index (χ2n) is 5.58. The standard InChI is InChI=1S/C16H16O/c1-16(2,3)12-6-4-11-5-7-15-13(8-9-17-15)14(11)10-12/h4-10H,1-3H3. The van der Waals surface area contributed by atoms with Gasteiger partial charge in [0.15, 0.2) is 0 Å². The minimum Gasteiger partial charge on any atom is -0.464 e. The number of hydrogen-bond acceptors (Lipinski definition) is 1. The minimum absolute atomic E-state index is 0.181. The summed E-state index contributed by atoms with van der Waals surface area (Å²) >= 11 is 0. The lowest BCUT2D eigenvalue weighted by atomic mass is 9.85. The molecule has 0 spiro atoms. The molecule has 0 N–H and O–H groups in total. The number of benzene rings is 2. The topological polar surface area (TPSA) is 13.1 Å². The van der Waals surface area contributed by atoms with Crippen molar-refractivity contribution in [3.8, 4) is 0 Å². The summed E-state index contributed by atoms with van der Waals surface area (Å²) in [5.74, 6) is 0. The van der Waals surface area contributed by atoms with Gasteiger partial charge < -0.3 is 4.42 Å². The lowest BCUT2D eigenvalue weighted by molar-refractivity contribution is 0.591. The molecule has 1 heteroatoms. The molecule has 86 valence electrons. The van der Waals surface area contributed by atoms with E-state index >= 15 is 0 Å². The second-order valence-corrected chi connectivity index (χ2v) is 5.58. The molecule has 0 aliphatic carbocycles.